The molecule has 0 bridgehead atoms. The number of hydrogen-bond acceptors (Lipinski definition) is 3. The lowest BCUT2D eigenvalue weighted by Gasteiger charge is -2.29. The third-order valence-electron chi connectivity index (χ3n) is 3.81. The van der Waals surface area contributed by atoms with Crippen LogP contribution in [0.1, 0.15) is 16.7 Å². The Kier molecular flexibility index (Phi) is 4.26. The van der Waals surface area contributed by atoms with E-state index >= 15 is 0 Å². The average Bonchev–Trinajstić information content (AvgIpc) is 2.55. The van der Waals surface area contributed by atoms with E-state index in [4.69, 9.17) is 0 Å². The van der Waals surface area contributed by atoms with Crippen LogP contribution in [0.4, 0.5) is 0 Å². The van der Waals surface area contributed by atoms with Crippen molar-refractivity contribution in [3.63, 3.8) is 0 Å². The number of pyridine rings is 1. The van der Waals surface area contributed by atoms with Crippen molar-refractivity contribution in [1.82, 2.24) is 15.2 Å². The second-order valence-corrected chi connectivity index (χ2v) is 5.30. The zero-order valence-corrected chi connectivity index (χ0v) is 12.0. The van der Waals surface area contributed by atoms with E-state index in [-0.39, 0.29) is 5.91 Å². The van der Waals surface area contributed by atoms with Gasteiger partial charge in [-0.2, -0.15) is 0 Å². The first-order valence-corrected chi connectivity index (χ1v) is 7.27. The molecule has 2 heterocycles. The predicted octanol–water partition coefficient (Wildman–Crippen LogP) is 1.76. The minimum absolute atomic E-state index is 0.161. The second-order valence-electron chi connectivity index (χ2n) is 5.30. The van der Waals surface area contributed by atoms with Crippen LogP contribution < -0.4 is 5.32 Å². The minimum Gasteiger partial charge on any atom is -0.337 e. The summed E-state index contributed by atoms with van der Waals surface area (Å²) in [4.78, 5) is 18.2. The summed E-state index contributed by atoms with van der Waals surface area (Å²) < 4.78 is 0. The van der Waals surface area contributed by atoms with E-state index in [1.165, 1.54) is 11.1 Å². The molecule has 0 aliphatic carbocycles. The SMILES string of the molecule is O=C(CNCc1cccnc1)N1CCc2ccccc2C1. The van der Waals surface area contributed by atoms with Crippen molar-refractivity contribution in [2.75, 3.05) is 13.1 Å². The van der Waals surface area contributed by atoms with Crippen LogP contribution >= 0.6 is 0 Å². The van der Waals surface area contributed by atoms with Crippen molar-refractivity contribution in [2.45, 2.75) is 19.5 Å². The molecule has 21 heavy (non-hydrogen) atoms. The number of amides is 1. The molecule has 4 nitrogen and oxygen atoms in total. The second kappa shape index (κ2) is 6.50. The average molecular weight is 281 g/mol. The Labute approximate surface area is 124 Å². The lowest BCUT2D eigenvalue weighted by molar-refractivity contribution is -0.131. The number of benzene rings is 1. The van der Waals surface area contributed by atoms with Gasteiger partial charge in [0.2, 0.25) is 5.91 Å². The number of carbonyl (C=O) groups excluding carboxylic acids is 1. The maximum atomic E-state index is 12.2. The van der Waals surface area contributed by atoms with Gasteiger partial charge >= 0.3 is 0 Å². The van der Waals surface area contributed by atoms with E-state index in [9.17, 15) is 4.79 Å². The zero-order chi connectivity index (χ0) is 14.5. The predicted molar refractivity (Wildman–Crippen MR) is 81.5 cm³/mol. The number of nitrogens with zero attached hydrogens (tertiary/aromatic N) is 2. The maximum absolute atomic E-state index is 12.2. The first-order chi connectivity index (χ1) is 10.3. The molecule has 1 aliphatic rings. The van der Waals surface area contributed by atoms with Crippen molar-refractivity contribution >= 4 is 5.91 Å². The van der Waals surface area contributed by atoms with Crippen molar-refractivity contribution in [2.24, 2.45) is 0 Å². The Morgan fingerprint density at radius 1 is 1.19 bits per heavy atom. The Hall–Kier alpha value is -2.20. The topological polar surface area (TPSA) is 45.2 Å². The van der Waals surface area contributed by atoms with Gasteiger partial charge in [-0.3, -0.25) is 9.78 Å². The third kappa shape index (κ3) is 3.47. The number of nitrogens with one attached hydrogen (secondary N) is 1. The smallest absolute Gasteiger partial charge is 0.236 e. The fourth-order valence-corrected chi connectivity index (χ4v) is 2.64. The summed E-state index contributed by atoms with van der Waals surface area (Å²) in [5, 5.41) is 3.19. The summed E-state index contributed by atoms with van der Waals surface area (Å²) >= 11 is 0. The lowest BCUT2D eigenvalue weighted by atomic mass is 10.00. The van der Waals surface area contributed by atoms with Gasteiger partial charge in [0.15, 0.2) is 0 Å². The van der Waals surface area contributed by atoms with Crippen LogP contribution in [0.3, 0.4) is 0 Å². The summed E-state index contributed by atoms with van der Waals surface area (Å²) in [6.45, 7) is 2.58. The number of fused-ring (bicyclic) bond motifs is 1. The summed E-state index contributed by atoms with van der Waals surface area (Å²) in [6.07, 6.45) is 4.51. The fraction of sp³-hybridized carbons (Fsp3) is 0.294. The van der Waals surface area contributed by atoms with Gasteiger partial charge in [0.1, 0.15) is 0 Å². The van der Waals surface area contributed by atoms with Crippen molar-refractivity contribution in [3.8, 4) is 0 Å². The normalized spacial score (nSPS) is 13.8. The molecule has 0 radical (unpaired) electrons. The molecular weight excluding hydrogens is 262 g/mol. The monoisotopic (exact) mass is 281 g/mol. The molecule has 1 amide bonds. The first kappa shape index (κ1) is 13.8. The van der Waals surface area contributed by atoms with E-state index in [0.29, 0.717) is 13.1 Å². The van der Waals surface area contributed by atoms with Gasteiger partial charge in [-0.15, -0.1) is 0 Å². The van der Waals surface area contributed by atoms with Crippen molar-refractivity contribution in [3.05, 3.63) is 65.5 Å². The largest absolute Gasteiger partial charge is 0.337 e. The van der Waals surface area contributed by atoms with Gasteiger partial charge in [0.05, 0.1) is 6.54 Å². The molecule has 2 aromatic rings. The lowest BCUT2D eigenvalue weighted by Crippen LogP contribution is -2.41. The van der Waals surface area contributed by atoms with E-state index in [2.05, 4.69) is 28.5 Å². The van der Waals surface area contributed by atoms with Gasteiger partial charge in [0, 0.05) is 32.0 Å². The Morgan fingerprint density at radius 3 is 2.86 bits per heavy atom. The van der Waals surface area contributed by atoms with Crippen molar-refractivity contribution in [1.29, 1.82) is 0 Å². The molecule has 0 spiro atoms. The van der Waals surface area contributed by atoms with E-state index in [1.54, 1.807) is 6.20 Å². The van der Waals surface area contributed by atoms with Gasteiger partial charge in [0.25, 0.3) is 0 Å². The molecule has 0 saturated heterocycles. The zero-order valence-electron chi connectivity index (χ0n) is 12.0. The molecule has 0 atom stereocenters. The summed E-state index contributed by atoms with van der Waals surface area (Å²) in [5.41, 5.74) is 3.73. The van der Waals surface area contributed by atoms with Crippen molar-refractivity contribution < 1.29 is 4.79 Å². The summed E-state index contributed by atoms with van der Waals surface area (Å²) in [7, 11) is 0. The van der Waals surface area contributed by atoms with E-state index in [0.717, 1.165) is 25.1 Å². The van der Waals surface area contributed by atoms with E-state index < -0.39 is 0 Å². The van der Waals surface area contributed by atoms with Crippen LogP contribution in [0.25, 0.3) is 0 Å². The molecule has 3 rings (SSSR count). The molecule has 108 valence electrons. The van der Waals surface area contributed by atoms with Crippen LogP contribution in [0.15, 0.2) is 48.8 Å². The Balaban J connectivity index is 1.50. The Bertz CT molecular complexity index is 612. The van der Waals surface area contributed by atoms with Gasteiger partial charge in [-0.25, -0.2) is 0 Å². The Morgan fingerprint density at radius 2 is 2.05 bits per heavy atom. The minimum atomic E-state index is 0.161. The number of aromatic nitrogens is 1. The quantitative estimate of drug-likeness (QED) is 0.929. The highest BCUT2D eigenvalue weighted by Gasteiger charge is 2.19. The van der Waals surface area contributed by atoms with Gasteiger partial charge in [-0.1, -0.05) is 30.3 Å². The maximum Gasteiger partial charge on any atom is 0.236 e. The highest BCUT2D eigenvalue weighted by atomic mass is 16.2. The number of carbonyl (C=O) groups is 1. The third-order valence-corrected chi connectivity index (χ3v) is 3.81. The highest BCUT2D eigenvalue weighted by molar-refractivity contribution is 5.78. The highest BCUT2D eigenvalue weighted by Crippen LogP contribution is 2.18. The fourth-order valence-electron chi connectivity index (χ4n) is 2.64. The van der Waals surface area contributed by atoms with Crippen LogP contribution in [0, 0.1) is 0 Å². The molecule has 0 saturated carbocycles. The molecule has 1 N–H and O–H groups in total. The molecule has 1 aromatic heterocycles. The first-order valence-electron chi connectivity index (χ1n) is 7.27. The molecule has 0 unspecified atom stereocenters. The molecule has 0 fully saturated rings. The molecular formula is C17H19N3O. The van der Waals surface area contributed by atoms with Gasteiger partial charge < -0.3 is 10.2 Å². The molecule has 1 aliphatic heterocycles. The number of rotatable bonds is 4. The molecule has 4 heteroatoms. The standard InChI is InChI=1S/C17H19N3O/c21-17(12-19-11-14-4-3-8-18-10-14)20-9-7-15-5-1-2-6-16(15)13-20/h1-6,8,10,19H,7,9,11-13H2. The summed E-state index contributed by atoms with van der Waals surface area (Å²) in [6, 6.07) is 12.3. The molecule has 1 aromatic carbocycles. The summed E-state index contributed by atoms with van der Waals surface area (Å²) in [5.74, 6) is 0.161. The van der Waals surface area contributed by atoms with Gasteiger partial charge in [-0.05, 0) is 29.2 Å². The van der Waals surface area contributed by atoms with Crippen LogP contribution in [0.5, 0.6) is 0 Å². The van der Waals surface area contributed by atoms with Crippen LogP contribution in [0.2, 0.25) is 0 Å². The number of hydrogen-bond donors (Lipinski definition) is 1. The van der Waals surface area contributed by atoms with E-state index in [1.807, 2.05) is 29.3 Å². The van der Waals surface area contributed by atoms with Crippen LogP contribution in [-0.4, -0.2) is 28.9 Å². The van der Waals surface area contributed by atoms with Crippen LogP contribution in [-0.2, 0) is 24.3 Å².